The molecule has 0 radical (unpaired) electrons. The van der Waals surface area contributed by atoms with Crippen LogP contribution in [-0.2, 0) is 6.18 Å². The van der Waals surface area contributed by atoms with Crippen LogP contribution in [0.15, 0.2) is 42.5 Å². The summed E-state index contributed by atoms with van der Waals surface area (Å²) < 4.78 is 51.9. The Balaban J connectivity index is 2.25. The van der Waals surface area contributed by atoms with E-state index in [2.05, 4.69) is 5.32 Å². The number of hydrogen-bond acceptors (Lipinski definition) is 2. The lowest BCUT2D eigenvalue weighted by Crippen LogP contribution is -2.35. The maximum Gasteiger partial charge on any atom is 0.416 e. The molecular formula is C17H14F4N2O3. The number of nitrogens with zero attached hydrogens (tertiary/aromatic N) is 1. The Morgan fingerprint density at radius 3 is 2.23 bits per heavy atom. The average Bonchev–Trinajstić information content (AvgIpc) is 2.57. The highest BCUT2D eigenvalue weighted by atomic mass is 19.4. The van der Waals surface area contributed by atoms with Gasteiger partial charge in [-0.05, 0) is 43.3 Å². The lowest BCUT2D eigenvalue weighted by Gasteiger charge is -2.22. The fourth-order valence-electron chi connectivity index (χ4n) is 2.25. The van der Waals surface area contributed by atoms with Crippen LogP contribution in [0.4, 0.5) is 33.7 Å². The predicted molar refractivity (Wildman–Crippen MR) is 86.8 cm³/mol. The highest BCUT2D eigenvalue weighted by Gasteiger charge is 2.30. The van der Waals surface area contributed by atoms with Crippen LogP contribution < -0.4 is 10.2 Å². The van der Waals surface area contributed by atoms with Gasteiger partial charge in [-0.15, -0.1) is 0 Å². The molecular weight excluding hydrogens is 356 g/mol. The van der Waals surface area contributed by atoms with E-state index in [1.165, 1.54) is 12.1 Å². The Morgan fingerprint density at radius 1 is 1.12 bits per heavy atom. The number of nitrogens with one attached hydrogen (secondary N) is 1. The van der Waals surface area contributed by atoms with Crippen LogP contribution in [-0.4, -0.2) is 23.7 Å². The van der Waals surface area contributed by atoms with Gasteiger partial charge in [-0.3, -0.25) is 4.90 Å². The number of aromatic carboxylic acids is 1. The number of urea groups is 1. The molecule has 0 unspecified atom stereocenters. The van der Waals surface area contributed by atoms with Crippen molar-refractivity contribution in [1.82, 2.24) is 0 Å². The minimum atomic E-state index is -4.50. The van der Waals surface area contributed by atoms with Gasteiger partial charge in [0.1, 0.15) is 0 Å². The third-order valence-corrected chi connectivity index (χ3v) is 3.54. The summed E-state index contributed by atoms with van der Waals surface area (Å²) in [4.78, 5) is 24.4. The molecule has 2 amide bonds. The lowest BCUT2D eigenvalue weighted by molar-refractivity contribution is -0.137. The molecule has 0 spiro atoms. The zero-order valence-electron chi connectivity index (χ0n) is 13.5. The predicted octanol–water partition coefficient (Wildman–Crippen LogP) is 4.60. The van der Waals surface area contributed by atoms with Crippen LogP contribution >= 0.6 is 0 Å². The molecule has 2 aromatic carbocycles. The maximum absolute atomic E-state index is 14.1. The van der Waals surface area contributed by atoms with Crippen molar-refractivity contribution in [2.45, 2.75) is 13.1 Å². The number of carbonyl (C=O) groups excluding carboxylic acids is 1. The quantitative estimate of drug-likeness (QED) is 0.773. The highest BCUT2D eigenvalue weighted by molar-refractivity contribution is 6.02. The summed E-state index contributed by atoms with van der Waals surface area (Å²) in [5.41, 5.74) is -1.65. The Morgan fingerprint density at radius 2 is 1.73 bits per heavy atom. The second kappa shape index (κ2) is 7.42. The molecule has 2 N–H and O–H groups in total. The number of rotatable bonds is 4. The molecule has 138 valence electrons. The lowest BCUT2D eigenvalue weighted by atomic mass is 10.2. The van der Waals surface area contributed by atoms with Crippen molar-refractivity contribution in [3.63, 3.8) is 0 Å². The van der Waals surface area contributed by atoms with Crippen LogP contribution in [0.1, 0.15) is 22.8 Å². The number of halogens is 4. The van der Waals surface area contributed by atoms with E-state index in [4.69, 9.17) is 5.11 Å². The van der Waals surface area contributed by atoms with Gasteiger partial charge in [0.25, 0.3) is 0 Å². The van der Waals surface area contributed by atoms with E-state index in [1.807, 2.05) is 0 Å². The normalized spacial score (nSPS) is 11.1. The van der Waals surface area contributed by atoms with Crippen molar-refractivity contribution >= 4 is 23.4 Å². The molecule has 0 saturated carbocycles. The van der Waals surface area contributed by atoms with Crippen molar-refractivity contribution in [2.24, 2.45) is 0 Å². The van der Waals surface area contributed by atoms with Crippen molar-refractivity contribution in [3.8, 4) is 0 Å². The Labute approximate surface area is 145 Å². The number of hydrogen-bond donors (Lipinski definition) is 2. The maximum atomic E-state index is 14.1. The van der Waals surface area contributed by atoms with Crippen molar-refractivity contribution < 1.29 is 32.3 Å². The molecule has 0 saturated heterocycles. The van der Waals surface area contributed by atoms with E-state index in [1.54, 1.807) is 6.92 Å². The number of carbonyl (C=O) groups is 2. The molecule has 0 aliphatic heterocycles. The summed E-state index contributed by atoms with van der Waals surface area (Å²) in [7, 11) is 0. The van der Waals surface area contributed by atoms with Crippen molar-refractivity contribution in [3.05, 3.63) is 59.4 Å². The van der Waals surface area contributed by atoms with Crippen LogP contribution in [0, 0.1) is 5.82 Å². The molecule has 9 heteroatoms. The number of alkyl halides is 3. The molecule has 0 aromatic heterocycles. The molecule has 0 fully saturated rings. The highest BCUT2D eigenvalue weighted by Crippen LogP contribution is 2.30. The fraction of sp³-hybridized carbons (Fsp3) is 0.176. The first-order chi connectivity index (χ1) is 12.1. The van der Waals surface area contributed by atoms with Gasteiger partial charge in [-0.25, -0.2) is 14.0 Å². The summed E-state index contributed by atoms with van der Waals surface area (Å²) in [5, 5.41) is 11.1. The standard InChI is InChI=1S/C17H14F4N2O3/c1-2-23(11-8-6-10(7-9-11)17(19,20)21)16(26)22-13-5-3-4-12(14(13)18)15(24)25/h3-9H,2H2,1H3,(H,22,26)(H,24,25). The molecule has 0 aliphatic rings. The zero-order chi connectivity index (χ0) is 19.5. The SMILES string of the molecule is CCN(C(=O)Nc1cccc(C(=O)O)c1F)c1ccc(C(F)(F)F)cc1. The van der Waals surface area contributed by atoms with Crippen LogP contribution in [0.3, 0.4) is 0 Å². The van der Waals surface area contributed by atoms with E-state index in [0.29, 0.717) is 0 Å². The van der Waals surface area contributed by atoms with E-state index in [-0.39, 0.29) is 17.9 Å². The number of benzene rings is 2. The number of amides is 2. The van der Waals surface area contributed by atoms with Gasteiger partial charge in [-0.2, -0.15) is 13.2 Å². The van der Waals surface area contributed by atoms with Gasteiger partial charge in [-0.1, -0.05) is 6.07 Å². The molecule has 0 heterocycles. The summed E-state index contributed by atoms with van der Waals surface area (Å²) in [5.74, 6) is -2.61. The molecule has 0 bridgehead atoms. The minimum Gasteiger partial charge on any atom is -0.478 e. The van der Waals surface area contributed by atoms with Gasteiger partial charge in [0.05, 0.1) is 16.8 Å². The zero-order valence-corrected chi connectivity index (χ0v) is 13.5. The topological polar surface area (TPSA) is 69.6 Å². The smallest absolute Gasteiger partial charge is 0.416 e. The average molecular weight is 370 g/mol. The number of carboxylic acids is 1. The third kappa shape index (κ3) is 4.11. The van der Waals surface area contributed by atoms with E-state index in [9.17, 15) is 27.2 Å². The molecule has 0 aliphatic carbocycles. The van der Waals surface area contributed by atoms with Crippen LogP contribution in [0.2, 0.25) is 0 Å². The second-order valence-corrected chi connectivity index (χ2v) is 5.19. The monoisotopic (exact) mass is 370 g/mol. The van der Waals surface area contributed by atoms with E-state index >= 15 is 0 Å². The molecule has 2 aromatic rings. The minimum absolute atomic E-state index is 0.0947. The van der Waals surface area contributed by atoms with Gasteiger partial charge >= 0.3 is 18.2 Å². The molecule has 26 heavy (non-hydrogen) atoms. The molecule has 0 atom stereocenters. The summed E-state index contributed by atoms with van der Waals surface area (Å²) >= 11 is 0. The summed E-state index contributed by atoms with van der Waals surface area (Å²) in [6.07, 6.45) is -4.50. The van der Waals surface area contributed by atoms with Gasteiger partial charge in [0, 0.05) is 12.2 Å². The first-order valence-electron chi connectivity index (χ1n) is 7.42. The van der Waals surface area contributed by atoms with E-state index < -0.39 is 35.1 Å². The summed E-state index contributed by atoms with van der Waals surface area (Å²) in [6.45, 7) is 1.68. The van der Waals surface area contributed by atoms with Gasteiger partial charge in [0.2, 0.25) is 0 Å². The Hall–Kier alpha value is -3.10. The first-order valence-corrected chi connectivity index (χ1v) is 7.42. The van der Waals surface area contributed by atoms with Gasteiger partial charge in [0.15, 0.2) is 5.82 Å². The molecule has 5 nitrogen and oxygen atoms in total. The van der Waals surface area contributed by atoms with Crippen LogP contribution in [0.25, 0.3) is 0 Å². The first kappa shape index (κ1) is 19.2. The third-order valence-electron chi connectivity index (χ3n) is 3.54. The fourth-order valence-corrected chi connectivity index (χ4v) is 2.25. The Bertz CT molecular complexity index is 820. The van der Waals surface area contributed by atoms with Crippen molar-refractivity contribution in [2.75, 3.05) is 16.8 Å². The van der Waals surface area contributed by atoms with Crippen molar-refractivity contribution in [1.29, 1.82) is 0 Å². The second-order valence-electron chi connectivity index (χ2n) is 5.19. The largest absolute Gasteiger partial charge is 0.478 e. The number of carboxylic acid groups (broad SMARTS) is 1. The van der Waals surface area contributed by atoms with E-state index in [0.717, 1.165) is 35.2 Å². The number of anilines is 2. The van der Waals surface area contributed by atoms with Crippen LogP contribution in [0.5, 0.6) is 0 Å². The van der Waals surface area contributed by atoms with Gasteiger partial charge < -0.3 is 10.4 Å². The summed E-state index contributed by atoms with van der Waals surface area (Å²) in [6, 6.07) is 6.57. The Kier molecular flexibility index (Phi) is 5.49. The molecule has 2 rings (SSSR count).